The molecule has 0 heterocycles. The Kier molecular flexibility index (Phi) is 60.5. The van der Waals surface area contributed by atoms with Gasteiger partial charge < -0.3 is 20.3 Å². The SMILES string of the molecule is CCCCCCCCCCCCCCCCCCCCC/C=C/C(O)C(CO)NC(=O)CCCCCCCCC/C=C\CCCCCCOC(=O)CCCCCCCCCCCCCCCCCCCCC. The molecule has 0 aromatic heterocycles. The number of hydrogen-bond donors (Lipinski definition) is 3. The van der Waals surface area contributed by atoms with Crippen LogP contribution < -0.4 is 5.32 Å². The van der Waals surface area contributed by atoms with Gasteiger partial charge >= 0.3 is 5.97 Å². The summed E-state index contributed by atoms with van der Waals surface area (Å²) < 4.78 is 5.49. The zero-order valence-electron chi connectivity index (χ0n) is 48.7. The molecule has 0 rings (SSSR count). The molecule has 426 valence electrons. The number of carbonyl (C=O) groups is 2. The van der Waals surface area contributed by atoms with E-state index in [1.165, 1.54) is 263 Å². The molecule has 0 aliphatic carbocycles. The summed E-state index contributed by atoms with van der Waals surface area (Å²) in [5.74, 6) is -0.0852. The number of amides is 1. The van der Waals surface area contributed by atoms with E-state index in [1.54, 1.807) is 6.08 Å². The van der Waals surface area contributed by atoms with Gasteiger partial charge in [-0.05, 0) is 57.8 Å². The van der Waals surface area contributed by atoms with Crippen LogP contribution >= 0.6 is 0 Å². The Morgan fingerprint density at radius 2 is 0.653 bits per heavy atom. The van der Waals surface area contributed by atoms with Gasteiger partial charge in [0.2, 0.25) is 5.91 Å². The second-order valence-corrected chi connectivity index (χ2v) is 22.5. The van der Waals surface area contributed by atoms with Crippen molar-refractivity contribution >= 4 is 11.9 Å². The van der Waals surface area contributed by atoms with E-state index in [0.29, 0.717) is 19.4 Å². The van der Waals surface area contributed by atoms with Gasteiger partial charge in [0.05, 0.1) is 25.4 Å². The van der Waals surface area contributed by atoms with Crippen LogP contribution in [-0.4, -0.2) is 47.4 Å². The van der Waals surface area contributed by atoms with Gasteiger partial charge in [0.15, 0.2) is 0 Å². The van der Waals surface area contributed by atoms with Crippen LogP contribution in [0.5, 0.6) is 0 Å². The van der Waals surface area contributed by atoms with Crippen LogP contribution in [0.1, 0.15) is 361 Å². The number of aliphatic hydroxyl groups excluding tert-OH is 2. The average molecular weight is 1010 g/mol. The summed E-state index contributed by atoms with van der Waals surface area (Å²) in [6.07, 6.45) is 76.5. The van der Waals surface area contributed by atoms with Gasteiger partial charge in [-0.2, -0.15) is 0 Å². The number of carbonyl (C=O) groups excluding carboxylic acids is 2. The van der Waals surface area contributed by atoms with Crippen LogP contribution in [-0.2, 0) is 14.3 Å². The molecule has 0 aliphatic rings. The van der Waals surface area contributed by atoms with Crippen LogP contribution in [0.25, 0.3) is 0 Å². The molecule has 2 atom stereocenters. The fraction of sp³-hybridized carbons (Fsp3) is 0.909. The van der Waals surface area contributed by atoms with Crippen molar-refractivity contribution in [3.8, 4) is 0 Å². The molecule has 0 aromatic carbocycles. The number of esters is 1. The molecular formula is C66H127NO5. The maximum Gasteiger partial charge on any atom is 0.305 e. The van der Waals surface area contributed by atoms with Crippen molar-refractivity contribution in [1.29, 1.82) is 0 Å². The zero-order chi connectivity index (χ0) is 52.2. The fourth-order valence-corrected chi connectivity index (χ4v) is 10.2. The first kappa shape index (κ1) is 70.3. The number of ether oxygens (including phenoxy) is 1. The molecule has 2 unspecified atom stereocenters. The normalized spacial score (nSPS) is 12.7. The minimum absolute atomic E-state index is 0.00564. The van der Waals surface area contributed by atoms with Gasteiger partial charge in [-0.1, -0.05) is 314 Å². The van der Waals surface area contributed by atoms with E-state index in [9.17, 15) is 19.8 Å². The van der Waals surface area contributed by atoms with Crippen LogP contribution in [0.4, 0.5) is 0 Å². The predicted octanol–water partition coefficient (Wildman–Crippen LogP) is 20.6. The third kappa shape index (κ3) is 57.6. The first-order valence-corrected chi connectivity index (χ1v) is 32.6. The van der Waals surface area contributed by atoms with Crippen LogP contribution in [0, 0.1) is 0 Å². The first-order valence-electron chi connectivity index (χ1n) is 32.6. The fourth-order valence-electron chi connectivity index (χ4n) is 10.2. The van der Waals surface area contributed by atoms with Crippen molar-refractivity contribution in [3.05, 3.63) is 24.3 Å². The summed E-state index contributed by atoms with van der Waals surface area (Å²) in [4.78, 5) is 24.6. The van der Waals surface area contributed by atoms with Crippen LogP contribution in [0.3, 0.4) is 0 Å². The lowest BCUT2D eigenvalue weighted by Gasteiger charge is -2.20. The van der Waals surface area contributed by atoms with Crippen molar-refractivity contribution in [2.45, 2.75) is 373 Å². The maximum atomic E-state index is 12.5. The molecule has 6 nitrogen and oxygen atoms in total. The second-order valence-electron chi connectivity index (χ2n) is 22.5. The van der Waals surface area contributed by atoms with E-state index in [2.05, 4.69) is 31.3 Å². The summed E-state index contributed by atoms with van der Waals surface area (Å²) in [6, 6.07) is -0.640. The highest BCUT2D eigenvalue weighted by Crippen LogP contribution is 2.18. The van der Waals surface area contributed by atoms with Crippen LogP contribution in [0.15, 0.2) is 24.3 Å². The largest absolute Gasteiger partial charge is 0.466 e. The smallest absolute Gasteiger partial charge is 0.305 e. The lowest BCUT2D eigenvalue weighted by Crippen LogP contribution is -2.45. The van der Waals surface area contributed by atoms with E-state index < -0.39 is 12.1 Å². The number of nitrogens with one attached hydrogen (secondary N) is 1. The molecule has 3 N–H and O–H groups in total. The summed E-state index contributed by atoms with van der Waals surface area (Å²) >= 11 is 0. The molecule has 0 radical (unpaired) electrons. The molecule has 0 spiro atoms. The van der Waals surface area contributed by atoms with E-state index in [0.717, 1.165) is 70.6 Å². The van der Waals surface area contributed by atoms with Crippen molar-refractivity contribution in [2.24, 2.45) is 0 Å². The quantitative estimate of drug-likeness (QED) is 0.0320. The van der Waals surface area contributed by atoms with Crippen molar-refractivity contribution in [3.63, 3.8) is 0 Å². The standard InChI is InChI=1S/C66H127NO5/c1-3-5-7-9-11-13-15-17-19-21-23-24-26-27-30-34-38-42-46-50-54-58-64(69)63(62-68)67-65(70)59-55-51-47-43-39-35-31-29-33-37-41-45-49-53-57-61-72-66(71)60-56-52-48-44-40-36-32-28-25-22-20-18-16-14-12-10-8-6-4-2/h33,37,54,58,63-64,68-69H,3-32,34-36,38-53,55-57,59-62H2,1-2H3,(H,67,70)/b37-33-,58-54+. The summed E-state index contributed by atoms with van der Waals surface area (Å²) in [5, 5.41) is 23.2. The number of rotatable bonds is 61. The number of unbranched alkanes of at least 4 members (excludes halogenated alkanes) is 48. The van der Waals surface area contributed by atoms with Gasteiger partial charge in [0.25, 0.3) is 0 Å². The van der Waals surface area contributed by atoms with Gasteiger partial charge in [-0.3, -0.25) is 9.59 Å². The molecule has 0 saturated carbocycles. The number of aliphatic hydroxyl groups is 2. The molecular weight excluding hydrogens is 887 g/mol. The number of allylic oxidation sites excluding steroid dienone is 3. The molecule has 72 heavy (non-hydrogen) atoms. The highest BCUT2D eigenvalue weighted by atomic mass is 16.5. The van der Waals surface area contributed by atoms with E-state index in [1.807, 2.05) is 6.08 Å². The Morgan fingerprint density at radius 1 is 0.375 bits per heavy atom. The monoisotopic (exact) mass is 1010 g/mol. The lowest BCUT2D eigenvalue weighted by molar-refractivity contribution is -0.143. The third-order valence-electron chi connectivity index (χ3n) is 15.2. The Hall–Kier alpha value is -1.66. The topological polar surface area (TPSA) is 95.9 Å². The maximum absolute atomic E-state index is 12.5. The van der Waals surface area contributed by atoms with Crippen LogP contribution in [0.2, 0.25) is 0 Å². The van der Waals surface area contributed by atoms with Gasteiger partial charge in [-0.15, -0.1) is 0 Å². The Morgan fingerprint density at radius 3 is 0.986 bits per heavy atom. The molecule has 6 heteroatoms. The van der Waals surface area contributed by atoms with E-state index >= 15 is 0 Å². The average Bonchev–Trinajstić information content (AvgIpc) is 3.38. The van der Waals surface area contributed by atoms with Gasteiger partial charge in [-0.25, -0.2) is 0 Å². The summed E-state index contributed by atoms with van der Waals surface area (Å²) in [7, 11) is 0. The Bertz CT molecular complexity index is 1120. The van der Waals surface area contributed by atoms with E-state index in [4.69, 9.17) is 4.74 Å². The summed E-state index contributed by atoms with van der Waals surface area (Å²) in [5.41, 5.74) is 0. The van der Waals surface area contributed by atoms with Gasteiger partial charge in [0.1, 0.15) is 0 Å². The highest BCUT2D eigenvalue weighted by molar-refractivity contribution is 5.76. The Labute approximate surface area is 450 Å². The number of hydrogen-bond acceptors (Lipinski definition) is 5. The molecule has 0 aliphatic heterocycles. The minimum atomic E-state index is -0.855. The summed E-state index contributed by atoms with van der Waals surface area (Å²) in [6.45, 7) is 4.90. The molecule has 0 aromatic rings. The molecule has 0 bridgehead atoms. The molecule has 0 fully saturated rings. The molecule has 1 amide bonds. The van der Waals surface area contributed by atoms with Crippen molar-refractivity contribution in [2.75, 3.05) is 13.2 Å². The minimum Gasteiger partial charge on any atom is -0.466 e. The predicted molar refractivity (Wildman–Crippen MR) is 315 cm³/mol. The zero-order valence-corrected chi connectivity index (χ0v) is 48.7. The lowest BCUT2D eigenvalue weighted by atomic mass is 10.0. The van der Waals surface area contributed by atoms with Gasteiger partial charge in [0, 0.05) is 12.8 Å². The highest BCUT2D eigenvalue weighted by Gasteiger charge is 2.18. The van der Waals surface area contributed by atoms with Crippen molar-refractivity contribution < 1.29 is 24.5 Å². The van der Waals surface area contributed by atoms with Crippen molar-refractivity contribution in [1.82, 2.24) is 5.32 Å². The van der Waals surface area contributed by atoms with E-state index in [-0.39, 0.29) is 18.5 Å². The third-order valence-corrected chi connectivity index (χ3v) is 15.2. The molecule has 0 saturated heterocycles. The first-order chi connectivity index (χ1) is 35.5. The second kappa shape index (κ2) is 61.9. The Balaban J connectivity index is 3.47.